The molecule has 0 bridgehead atoms. The van der Waals surface area contributed by atoms with E-state index in [0.29, 0.717) is 30.9 Å². The van der Waals surface area contributed by atoms with Crippen LogP contribution in [0.15, 0.2) is 132 Å². The maximum atomic E-state index is 11.2. The van der Waals surface area contributed by atoms with E-state index in [0.717, 1.165) is 38.0 Å². The first-order valence-corrected chi connectivity index (χ1v) is 18.9. The number of hydrogen-bond acceptors (Lipinski definition) is 9. The highest BCUT2D eigenvalue weighted by atomic mass is 79.9. The summed E-state index contributed by atoms with van der Waals surface area (Å²) >= 11 is 3.77. The quantitative estimate of drug-likeness (QED) is 0.115. The minimum absolute atomic E-state index is 0.172. The molecule has 1 saturated heterocycles. The van der Waals surface area contributed by atoms with Crippen molar-refractivity contribution in [1.29, 1.82) is 0 Å². The lowest BCUT2D eigenvalue weighted by Crippen LogP contribution is -2.72. The Balaban J connectivity index is 1.33. The average molecular weight is 798 g/mol. The van der Waals surface area contributed by atoms with Gasteiger partial charge in [-0.25, -0.2) is 0 Å². The highest BCUT2D eigenvalue weighted by Crippen LogP contribution is 2.48. The van der Waals surface area contributed by atoms with E-state index < -0.39 is 42.9 Å². The molecule has 2 N–H and O–H groups in total. The van der Waals surface area contributed by atoms with Crippen molar-refractivity contribution in [2.24, 2.45) is 0 Å². The van der Waals surface area contributed by atoms with Crippen molar-refractivity contribution in [3.05, 3.63) is 165 Å². The molecule has 2 aliphatic heterocycles. The molecule has 4 atom stereocenters. The molecule has 0 saturated carbocycles. The summed E-state index contributed by atoms with van der Waals surface area (Å²) in [6, 6.07) is 41.1. The fraction of sp³-hybridized carbons (Fsp3) is 0.318. The molecule has 10 heteroatoms. The predicted molar refractivity (Wildman–Crippen MR) is 206 cm³/mol. The third kappa shape index (κ3) is 8.27. The average Bonchev–Trinajstić information content (AvgIpc) is 3.23. The number of aliphatic hydroxyl groups excluding tert-OH is 2. The summed E-state index contributed by atoms with van der Waals surface area (Å²) in [4.78, 5) is 0. The van der Waals surface area contributed by atoms with Crippen LogP contribution in [0.5, 0.6) is 11.5 Å². The van der Waals surface area contributed by atoms with Gasteiger partial charge in [-0.15, -0.1) is 0 Å². The largest absolute Gasteiger partial charge is 0.486 e. The van der Waals surface area contributed by atoms with E-state index in [2.05, 4.69) is 15.9 Å². The number of rotatable bonds is 15. The van der Waals surface area contributed by atoms with Gasteiger partial charge in [-0.1, -0.05) is 119 Å². The number of benzene rings is 5. The molecular formula is C44H45BrO9. The summed E-state index contributed by atoms with van der Waals surface area (Å²) in [6.45, 7) is 0.396. The number of hydrogen-bond donors (Lipinski definition) is 2. The van der Waals surface area contributed by atoms with Gasteiger partial charge < -0.3 is 43.4 Å². The van der Waals surface area contributed by atoms with Crippen LogP contribution in [0, 0.1) is 0 Å². The fourth-order valence-corrected chi connectivity index (χ4v) is 7.53. The first kappa shape index (κ1) is 38.2. The van der Waals surface area contributed by atoms with E-state index >= 15 is 0 Å². The Bertz CT molecular complexity index is 1940. The van der Waals surface area contributed by atoms with E-state index in [1.54, 1.807) is 7.11 Å². The molecule has 1 fully saturated rings. The third-order valence-corrected chi connectivity index (χ3v) is 10.7. The standard InChI is InChI=1S/C44H45BrO9/c1-48-44(36-18-19-37(45)35(25-36)23-34-17-20-38-39(24-34)50-22-21-49-38)42(53-28-33-15-9-4-10-16-33)40(51-26-31-11-5-2-6-12-31)41(43(29-46,30-47)54-44)52-27-32-13-7-3-8-14-32/h2-20,24-25,40-42,46-47H,21-23,26-30H2,1H3/t40-,41-,42+,44-/m0/s1. The topological polar surface area (TPSA) is 105 Å². The normalized spacial score (nSPS) is 21.8. The molecule has 0 unspecified atom stereocenters. The van der Waals surface area contributed by atoms with Gasteiger partial charge in [0.25, 0.3) is 0 Å². The van der Waals surface area contributed by atoms with E-state index in [-0.39, 0.29) is 19.8 Å². The van der Waals surface area contributed by atoms with Gasteiger partial charge >= 0.3 is 0 Å². The van der Waals surface area contributed by atoms with Crippen molar-refractivity contribution in [2.75, 3.05) is 33.5 Å². The van der Waals surface area contributed by atoms with Crippen molar-refractivity contribution >= 4 is 15.9 Å². The molecule has 2 heterocycles. The van der Waals surface area contributed by atoms with Crippen molar-refractivity contribution in [3.8, 4) is 11.5 Å². The molecule has 9 nitrogen and oxygen atoms in total. The molecule has 7 rings (SSSR count). The van der Waals surface area contributed by atoms with Crippen LogP contribution in [-0.2, 0) is 55.7 Å². The molecule has 0 aliphatic carbocycles. The molecule has 5 aromatic carbocycles. The van der Waals surface area contributed by atoms with Crippen molar-refractivity contribution in [1.82, 2.24) is 0 Å². The maximum absolute atomic E-state index is 11.2. The first-order chi connectivity index (χ1) is 26.5. The zero-order valence-corrected chi connectivity index (χ0v) is 31.7. The monoisotopic (exact) mass is 796 g/mol. The van der Waals surface area contributed by atoms with Gasteiger partial charge in [-0.05, 0) is 58.5 Å². The van der Waals surface area contributed by atoms with Crippen molar-refractivity contribution < 1.29 is 43.4 Å². The number of fused-ring (bicyclic) bond motifs is 1. The molecule has 0 spiro atoms. The van der Waals surface area contributed by atoms with Crippen LogP contribution < -0.4 is 9.47 Å². The minimum Gasteiger partial charge on any atom is -0.486 e. The fourth-order valence-electron chi connectivity index (χ4n) is 7.14. The molecule has 0 aromatic heterocycles. The zero-order valence-electron chi connectivity index (χ0n) is 30.1. The van der Waals surface area contributed by atoms with E-state index in [1.807, 2.05) is 127 Å². The Kier molecular flexibility index (Phi) is 12.4. The van der Waals surface area contributed by atoms with E-state index in [1.165, 1.54) is 0 Å². The summed E-state index contributed by atoms with van der Waals surface area (Å²) in [5.41, 5.74) is 3.66. The maximum Gasteiger partial charge on any atom is 0.225 e. The van der Waals surface area contributed by atoms with Crippen molar-refractivity contribution in [3.63, 3.8) is 0 Å². The van der Waals surface area contributed by atoms with Crippen LogP contribution >= 0.6 is 15.9 Å². The van der Waals surface area contributed by atoms with Gasteiger partial charge in [-0.3, -0.25) is 0 Å². The molecule has 0 radical (unpaired) electrons. The Morgan fingerprint density at radius 3 is 1.76 bits per heavy atom. The number of ether oxygens (including phenoxy) is 7. The molecule has 282 valence electrons. The van der Waals surface area contributed by atoms with Crippen LogP contribution in [0.25, 0.3) is 0 Å². The van der Waals surface area contributed by atoms with Gasteiger partial charge in [0.1, 0.15) is 37.1 Å². The van der Waals surface area contributed by atoms with Crippen LogP contribution in [0.3, 0.4) is 0 Å². The second-order valence-corrected chi connectivity index (χ2v) is 14.4. The SMILES string of the molecule is CO[C@@]1(c2ccc(Br)c(Cc3ccc4c(c3)OCCO4)c2)OC(CO)(CO)[C@@H](OCc2ccccc2)[C@H](OCc2ccccc2)[C@H]1OCc1ccccc1. The summed E-state index contributed by atoms with van der Waals surface area (Å²) in [5, 5.41) is 22.4. The zero-order chi connectivity index (χ0) is 37.4. The minimum atomic E-state index is -1.68. The Hall–Kier alpha value is -4.10. The lowest BCUT2D eigenvalue weighted by Gasteiger charge is -2.56. The van der Waals surface area contributed by atoms with Gasteiger partial charge in [0, 0.05) is 17.1 Å². The lowest BCUT2D eigenvalue weighted by atomic mass is 9.80. The highest BCUT2D eigenvalue weighted by Gasteiger charge is 2.64. The van der Waals surface area contributed by atoms with Crippen LogP contribution in [-0.4, -0.2) is 67.7 Å². The van der Waals surface area contributed by atoms with Gasteiger partial charge in [-0.2, -0.15) is 0 Å². The molecule has 2 aliphatic rings. The molecule has 54 heavy (non-hydrogen) atoms. The third-order valence-electron chi connectivity index (χ3n) is 9.96. The summed E-state index contributed by atoms with van der Waals surface area (Å²) in [6.07, 6.45) is -2.31. The summed E-state index contributed by atoms with van der Waals surface area (Å²) < 4.78 is 46.4. The second-order valence-electron chi connectivity index (χ2n) is 13.5. The molecule has 5 aromatic rings. The first-order valence-electron chi connectivity index (χ1n) is 18.1. The second kappa shape index (κ2) is 17.6. The Morgan fingerprint density at radius 2 is 1.19 bits per heavy atom. The lowest BCUT2D eigenvalue weighted by molar-refractivity contribution is -0.417. The number of aliphatic hydroxyl groups is 2. The van der Waals surface area contributed by atoms with Crippen LogP contribution in [0.2, 0.25) is 0 Å². The number of methoxy groups -OCH3 is 1. The van der Waals surface area contributed by atoms with E-state index in [4.69, 9.17) is 33.2 Å². The molecular weight excluding hydrogens is 752 g/mol. The molecule has 0 amide bonds. The summed E-state index contributed by atoms with van der Waals surface area (Å²) in [7, 11) is 1.54. The number of halogens is 1. The van der Waals surface area contributed by atoms with Gasteiger partial charge in [0.15, 0.2) is 11.5 Å². The van der Waals surface area contributed by atoms with Crippen molar-refractivity contribution in [2.45, 2.75) is 55.9 Å². The van der Waals surface area contributed by atoms with Gasteiger partial charge in [0.05, 0.1) is 33.0 Å². The van der Waals surface area contributed by atoms with Crippen LogP contribution in [0.4, 0.5) is 0 Å². The summed E-state index contributed by atoms with van der Waals surface area (Å²) in [5.74, 6) is -0.253. The predicted octanol–water partition coefficient (Wildman–Crippen LogP) is 7.12. The Labute approximate surface area is 324 Å². The van der Waals surface area contributed by atoms with Crippen LogP contribution in [0.1, 0.15) is 33.4 Å². The van der Waals surface area contributed by atoms with E-state index in [9.17, 15) is 10.2 Å². The Morgan fingerprint density at radius 1 is 0.630 bits per heavy atom. The highest BCUT2D eigenvalue weighted by molar-refractivity contribution is 9.10. The smallest absolute Gasteiger partial charge is 0.225 e. The van der Waals surface area contributed by atoms with Gasteiger partial charge in [0.2, 0.25) is 5.79 Å².